The van der Waals surface area contributed by atoms with Gasteiger partial charge in [-0.05, 0) is 38.1 Å². The van der Waals surface area contributed by atoms with Gasteiger partial charge < -0.3 is 4.90 Å². The second kappa shape index (κ2) is 7.08. The van der Waals surface area contributed by atoms with Crippen LogP contribution in [0.3, 0.4) is 0 Å². The number of nitrogens with zero attached hydrogens (tertiary/aromatic N) is 2. The molecule has 1 N–H and O–H groups in total. The van der Waals surface area contributed by atoms with Crippen molar-refractivity contribution >= 4 is 5.91 Å². The van der Waals surface area contributed by atoms with Crippen LogP contribution in [0.5, 0.6) is 0 Å². The lowest BCUT2D eigenvalue weighted by atomic mass is 10.1. The van der Waals surface area contributed by atoms with Gasteiger partial charge in [0.2, 0.25) is 0 Å². The molecule has 1 aliphatic rings. The van der Waals surface area contributed by atoms with Gasteiger partial charge in [-0.1, -0.05) is 6.42 Å². The summed E-state index contributed by atoms with van der Waals surface area (Å²) < 4.78 is 0. The number of hydrogen-bond acceptors (Lipinski definition) is 4. The van der Waals surface area contributed by atoms with Crippen LogP contribution in [0.15, 0.2) is 24.5 Å². The van der Waals surface area contributed by atoms with Crippen molar-refractivity contribution in [3.63, 3.8) is 0 Å². The maximum atomic E-state index is 11.6. The van der Waals surface area contributed by atoms with E-state index in [1.54, 1.807) is 24.5 Å². The molecule has 18 heavy (non-hydrogen) atoms. The van der Waals surface area contributed by atoms with E-state index in [1.165, 1.54) is 19.3 Å². The molecule has 2 heterocycles. The summed E-state index contributed by atoms with van der Waals surface area (Å²) in [6.07, 6.45) is 7.04. The average molecular weight is 249 g/mol. The molecule has 1 aliphatic heterocycles. The Bertz CT molecular complexity index is 364. The highest BCUT2D eigenvalue weighted by Gasteiger charge is 2.10. The molecule has 0 saturated carbocycles. The first kappa shape index (κ1) is 13.0. The minimum Gasteiger partial charge on any atom is -0.301 e. The molecule has 98 valence electrons. The Labute approximate surface area is 107 Å². The zero-order chi connectivity index (χ0) is 12.6. The fourth-order valence-corrected chi connectivity index (χ4v) is 2.04. The Morgan fingerprint density at radius 2 is 2.00 bits per heavy atom. The normalized spacial score (nSPS) is 16.4. The Balaban J connectivity index is 1.62. The lowest BCUT2D eigenvalue weighted by Gasteiger charge is -2.25. The van der Waals surface area contributed by atoms with Gasteiger partial charge in [0.05, 0.1) is 6.61 Å². The molecular weight excluding hydrogens is 230 g/mol. The number of aromatic nitrogens is 1. The van der Waals surface area contributed by atoms with Crippen molar-refractivity contribution < 1.29 is 9.63 Å². The van der Waals surface area contributed by atoms with Gasteiger partial charge in [-0.2, -0.15) is 0 Å². The van der Waals surface area contributed by atoms with Crippen LogP contribution in [0, 0.1) is 0 Å². The van der Waals surface area contributed by atoms with Crippen LogP contribution in [0.25, 0.3) is 0 Å². The first-order valence-corrected chi connectivity index (χ1v) is 6.41. The number of amides is 1. The highest BCUT2D eigenvalue weighted by atomic mass is 16.6. The molecule has 0 aliphatic carbocycles. The topological polar surface area (TPSA) is 54.5 Å². The van der Waals surface area contributed by atoms with Crippen molar-refractivity contribution in [2.45, 2.75) is 19.3 Å². The Kier molecular flexibility index (Phi) is 5.11. The van der Waals surface area contributed by atoms with Crippen molar-refractivity contribution in [3.05, 3.63) is 30.1 Å². The summed E-state index contributed by atoms with van der Waals surface area (Å²) in [6, 6.07) is 3.31. The summed E-state index contributed by atoms with van der Waals surface area (Å²) in [6.45, 7) is 3.68. The number of hydroxylamine groups is 1. The predicted molar refractivity (Wildman–Crippen MR) is 67.9 cm³/mol. The van der Waals surface area contributed by atoms with Crippen LogP contribution in [0.4, 0.5) is 0 Å². The molecule has 5 nitrogen and oxygen atoms in total. The monoisotopic (exact) mass is 249 g/mol. The number of likely N-dealkylation sites (tertiary alicyclic amines) is 1. The molecule has 0 bridgehead atoms. The fourth-order valence-electron chi connectivity index (χ4n) is 2.04. The van der Waals surface area contributed by atoms with E-state index in [4.69, 9.17) is 4.84 Å². The zero-order valence-corrected chi connectivity index (χ0v) is 10.5. The van der Waals surface area contributed by atoms with Gasteiger partial charge >= 0.3 is 0 Å². The molecule has 5 heteroatoms. The fraction of sp³-hybridized carbons (Fsp3) is 0.538. The highest BCUT2D eigenvalue weighted by Crippen LogP contribution is 2.07. The number of piperidine rings is 1. The first-order chi connectivity index (χ1) is 8.86. The van der Waals surface area contributed by atoms with E-state index in [0.717, 1.165) is 19.6 Å². The van der Waals surface area contributed by atoms with Crippen molar-refractivity contribution in [2.24, 2.45) is 0 Å². The maximum Gasteiger partial charge on any atom is 0.274 e. The minimum absolute atomic E-state index is 0.226. The summed E-state index contributed by atoms with van der Waals surface area (Å²) in [4.78, 5) is 23.0. The summed E-state index contributed by atoms with van der Waals surface area (Å²) in [7, 11) is 0. The standard InChI is InChI=1S/C13H19N3O2/c17-13(12-4-6-14-7-5-12)15-18-11-10-16-8-2-1-3-9-16/h4-7H,1-3,8-11H2,(H,15,17). The van der Waals surface area contributed by atoms with Gasteiger partial charge in [0.15, 0.2) is 0 Å². The number of nitrogens with one attached hydrogen (secondary N) is 1. The van der Waals surface area contributed by atoms with Crippen LogP contribution in [0.2, 0.25) is 0 Å². The van der Waals surface area contributed by atoms with Gasteiger partial charge in [-0.25, -0.2) is 5.48 Å². The molecule has 0 atom stereocenters. The van der Waals surface area contributed by atoms with E-state index in [-0.39, 0.29) is 5.91 Å². The smallest absolute Gasteiger partial charge is 0.274 e. The van der Waals surface area contributed by atoms with E-state index >= 15 is 0 Å². The van der Waals surface area contributed by atoms with Crippen molar-refractivity contribution in [3.8, 4) is 0 Å². The molecule has 1 aromatic heterocycles. The van der Waals surface area contributed by atoms with Gasteiger partial charge in [-0.15, -0.1) is 0 Å². The summed E-state index contributed by atoms with van der Waals surface area (Å²) in [5, 5.41) is 0. The van der Waals surface area contributed by atoms with Gasteiger partial charge in [0, 0.05) is 24.5 Å². The van der Waals surface area contributed by atoms with Crippen molar-refractivity contribution in [2.75, 3.05) is 26.2 Å². The SMILES string of the molecule is O=C(NOCCN1CCCCC1)c1ccncc1. The van der Waals surface area contributed by atoms with E-state index in [2.05, 4.69) is 15.4 Å². The zero-order valence-electron chi connectivity index (χ0n) is 10.5. The van der Waals surface area contributed by atoms with E-state index in [0.29, 0.717) is 12.2 Å². The van der Waals surface area contributed by atoms with E-state index in [1.807, 2.05) is 0 Å². The Hall–Kier alpha value is -1.46. The lowest BCUT2D eigenvalue weighted by molar-refractivity contribution is 0.0206. The quantitative estimate of drug-likeness (QED) is 0.630. The first-order valence-electron chi connectivity index (χ1n) is 6.41. The number of carbonyl (C=O) groups excluding carboxylic acids is 1. The Morgan fingerprint density at radius 3 is 2.72 bits per heavy atom. The Morgan fingerprint density at radius 1 is 1.28 bits per heavy atom. The molecule has 0 aromatic carbocycles. The number of hydrogen-bond donors (Lipinski definition) is 1. The second-order valence-electron chi connectivity index (χ2n) is 4.42. The molecule has 1 amide bonds. The lowest BCUT2D eigenvalue weighted by Crippen LogP contribution is -2.35. The van der Waals surface area contributed by atoms with E-state index in [9.17, 15) is 4.79 Å². The number of rotatable bonds is 5. The maximum absolute atomic E-state index is 11.6. The van der Waals surface area contributed by atoms with Crippen molar-refractivity contribution in [1.82, 2.24) is 15.4 Å². The molecule has 1 aromatic rings. The van der Waals surface area contributed by atoms with Crippen LogP contribution >= 0.6 is 0 Å². The summed E-state index contributed by atoms with van der Waals surface area (Å²) >= 11 is 0. The predicted octanol–water partition coefficient (Wildman–Crippen LogP) is 1.23. The van der Waals surface area contributed by atoms with Crippen LogP contribution in [-0.4, -0.2) is 42.0 Å². The number of pyridine rings is 1. The van der Waals surface area contributed by atoms with Crippen LogP contribution in [-0.2, 0) is 4.84 Å². The highest BCUT2D eigenvalue weighted by molar-refractivity contribution is 5.93. The average Bonchev–Trinajstić information content (AvgIpc) is 2.45. The largest absolute Gasteiger partial charge is 0.301 e. The molecule has 1 saturated heterocycles. The molecule has 2 rings (SSSR count). The third-order valence-electron chi connectivity index (χ3n) is 3.07. The van der Waals surface area contributed by atoms with Crippen LogP contribution in [0.1, 0.15) is 29.6 Å². The molecule has 0 radical (unpaired) electrons. The second-order valence-corrected chi connectivity index (χ2v) is 4.42. The van der Waals surface area contributed by atoms with E-state index < -0.39 is 0 Å². The van der Waals surface area contributed by atoms with Crippen molar-refractivity contribution in [1.29, 1.82) is 0 Å². The van der Waals surface area contributed by atoms with Gasteiger partial charge in [-0.3, -0.25) is 14.6 Å². The van der Waals surface area contributed by atoms with Gasteiger partial charge in [0.1, 0.15) is 0 Å². The van der Waals surface area contributed by atoms with Crippen LogP contribution < -0.4 is 5.48 Å². The molecule has 0 spiro atoms. The molecule has 1 fully saturated rings. The third kappa shape index (κ3) is 4.09. The molecular formula is C13H19N3O2. The summed E-state index contributed by atoms with van der Waals surface area (Å²) in [5.41, 5.74) is 3.00. The molecule has 0 unspecified atom stereocenters. The summed E-state index contributed by atoms with van der Waals surface area (Å²) in [5.74, 6) is -0.226. The number of carbonyl (C=O) groups is 1. The van der Waals surface area contributed by atoms with Gasteiger partial charge in [0.25, 0.3) is 5.91 Å². The minimum atomic E-state index is -0.226. The third-order valence-corrected chi connectivity index (χ3v) is 3.07.